The summed E-state index contributed by atoms with van der Waals surface area (Å²) >= 11 is 6.10. The van der Waals surface area contributed by atoms with Crippen molar-refractivity contribution in [1.29, 1.82) is 0 Å². The summed E-state index contributed by atoms with van der Waals surface area (Å²) in [7, 11) is 3.35. The second-order valence-corrected chi connectivity index (χ2v) is 5.99. The summed E-state index contributed by atoms with van der Waals surface area (Å²) in [6, 6.07) is 4.75. The first-order valence-electron chi connectivity index (χ1n) is 6.98. The standard InChI is InChI=1S/C15H20ClN3O2/c1-19(2)15(21)9-6-7-11(16)13(8-9)18-14(20)10-4-3-5-12(10)17/h6-8,10,12H,3-5,17H2,1-2H3,(H,18,20). The van der Waals surface area contributed by atoms with Crippen molar-refractivity contribution in [2.45, 2.75) is 25.3 Å². The van der Waals surface area contributed by atoms with Gasteiger partial charge in [-0.2, -0.15) is 0 Å². The van der Waals surface area contributed by atoms with Crippen molar-refractivity contribution in [2.75, 3.05) is 19.4 Å². The molecule has 1 fully saturated rings. The Hall–Kier alpha value is -1.59. The number of benzene rings is 1. The van der Waals surface area contributed by atoms with Gasteiger partial charge < -0.3 is 16.0 Å². The maximum absolute atomic E-state index is 12.2. The van der Waals surface area contributed by atoms with Gasteiger partial charge in [-0.15, -0.1) is 0 Å². The number of hydrogen-bond donors (Lipinski definition) is 2. The molecule has 2 atom stereocenters. The van der Waals surface area contributed by atoms with Crippen LogP contribution >= 0.6 is 11.6 Å². The van der Waals surface area contributed by atoms with Gasteiger partial charge in [0.15, 0.2) is 0 Å². The molecule has 0 heterocycles. The fourth-order valence-corrected chi connectivity index (χ4v) is 2.72. The Morgan fingerprint density at radius 1 is 1.33 bits per heavy atom. The highest BCUT2D eigenvalue weighted by Gasteiger charge is 2.30. The highest BCUT2D eigenvalue weighted by atomic mass is 35.5. The Morgan fingerprint density at radius 2 is 2.05 bits per heavy atom. The van der Waals surface area contributed by atoms with Gasteiger partial charge in [0.2, 0.25) is 5.91 Å². The predicted molar refractivity (Wildman–Crippen MR) is 83.4 cm³/mol. The van der Waals surface area contributed by atoms with Crippen molar-refractivity contribution in [2.24, 2.45) is 11.7 Å². The monoisotopic (exact) mass is 309 g/mol. The summed E-state index contributed by atoms with van der Waals surface area (Å²) in [4.78, 5) is 25.7. The van der Waals surface area contributed by atoms with Crippen molar-refractivity contribution >= 4 is 29.1 Å². The molecule has 6 heteroatoms. The van der Waals surface area contributed by atoms with Crippen molar-refractivity contribution in [3.8, 4) is 0 Å². The summed E-state index contributed by atoms with van der Waals surface area (Å²) in [5.41, 5.74) is 6.87. The van der Waals surface area contributed by atoms with Crippen molar-refractivity contribution in [3.05, 3.63) is 28.8 Å². The van der Waals surface area contributed by atoms with Crippen molar-refractivity contribution in [3.63, 3.8) is 0 Å². The van der Waals surface area contributed by atoms with Gasteiger partial charge >= 0.3 is 0 Å². The second-order valence-electron chi connectivity index (χ2n) is 5.58. The number of carbonyl (C=O) groups is 2. The third-order valence-corrected chi connectivity index (χ3v) is 4.11. The third-order valence-electron chi connectivity index (χ3n) is 3.78. The van der Waals surface area contributed by atoms with E-state index in [1.54, 1.807) is 32.3 Å². The number of rotatable bonds is 3. The lowest BCUT2D eigenvalue weighted by atomic mass is 10.0. The highest BCUT2D eigenvalue weighted by molar-refractivity contribution is 6.33. The molecule has 0 saturated heterocycles. The predicted octanol–water partition coefficient (Wildman–Crippen LogP) is 2.11. The van der Waals surface area contributed by atoms with Gasteiger partial charge in [0.25, 0.3) is 5.91 Å². The van der Waals surface area contributed by atoms with Crippen molar-refractivity contribution < 1.29 is 9.59 Å². The van der Waals surface area contributed by atoms with Crippen LogP contribution in [-0.2, 0) is 4.79 Å². The van der Waals surface area contributed by atoms with Crippen molar-refractivity contribution in [1.82, 2.24) is 4.90 Å². The Morgan fingerprint density at radius 3 is 2.62 bits per heavy atom. The molecule has 2 amide bonds. The summed E-state index contributed by atoms with van der Waals surface area (Å²) < 4.78 is 0. The molecule has 1 saturated carbocycles. The molecule has 114 valence electrons. The quantitative estimate of drug-likeness (QED) is 0.898. The summed E-state index contributed by atoms with van der Waals surface area (Å²) in [5, 5.41) is 3.20. The van der Waals surface area contributed by atoms with Gasteiger partial charge in [0, 0.05) is 25.7 Å². The summed E-state index contributed by atoms with van der Waals surface area (Å²) in [6.45, 7) is 0. The molecule has 1 aliphatic carbocycles. The normalized spacial score (nSPS) is 21.1. The van der Waals surface area contributed by atoms with E-state index < -0.39 is 0 Å². The molecule has 2 rings (SSSR count). The van der Waals surface area contributed by atoms with Crippen LogP contribution in [0.1, 0.15) is 29.6 Å². The zero-order chi connectivity index (χ0) is 15.6. The molecule has 0 spiro atoms. The Labute approximate surface area is 129 Å². The number of amides is 2. The minimum atomic E-state index is -0.186. The molecule has 2 unspecified atom stereocenters. The number of hydrogen-bond acceptors (Lipinski definition) is 3. The van der Waals surface area contributed by atoms with E-state index in [2.05, 4.69) is 5.32 Å². The molecule has 3 N–H and O–H groups in total. The minimum Gasteiger partial charge on any atom is -0.345 e. The van der Waals surface area contributed by atoms with E-state index in [0.717, 1.165) is 19.3 Å². The molecule has 21 heavy (non-hydrogen) atoms. The molecular formula is C15H20ClN3O2. The van der Waals surface area contributed by atoms with Crippen LogP contribution in [0.2, 0.25) is 5.02 Å². The smallest absolute Gasteiger partial charge is 0.253 e. The Balaban J connectivity index is 2.17. The first kappa shape index (κ1) is 15.8. The van der Waals surface area contributed by atoms with Crippen LogP contribution in [0.25, 0.3) is 0 Å². The number of halogens is 1. The third kappa shape index (κ3) is 3.54. The topological polar surface area (TPSA) is 75.4 Å². The molecule has 1 aromatic carbocycles. The first-order valence-corrected chi connectivity index (χ1v) is 7.35. The SMILES string of the molecule is CN(C)C(=O)c1ccc(Cl)c(NC(=O)C2CCCC2N)c1. The highest BCUT2D eigenvalue weighted by Crippen LogP contribution is 2.28. The van der Waals surface area contributed by atoms with E-state index in [4.69, 9.17) is 17.3 Å². The van der Waals surface area contributed by atoms with Gasteiger partial charge in [-0.05, 0) is 31.0 Å². The summed E-state index contributed by atoms with van der Waals surface area (Å²) in [6.07, 6.45) is 2.62. The van der Waals surface area contributed by atoms with Crippen LogP contribution in [0.5, 0.6) is 0 Å². The van der Waals surface area contributed by atoms with E-state index in [9.17, 15) is 9.59 Å². The number of nitrogens with two attached hydrogens (primary N) is 1. The van der Waals surface area contributed by atoms with Gasteiger partial charge in [-0.25, -0.2) is 0 Å². The number of anilines is 1. The zero-order valence-electron chi connectivity index (χ0n) is 12.2. The Bertz CT molecular complexity index is 560. The van der Waals surface area contributed by atoms with Gasteiger partial charge in [0.05, 0.1) is 16.6 Å². The molecule has 0 radical (unpaired) electrons. The molecule has 0 bridgehead atoms. The molecule has 1 aliphatic rings. The van der Waals surface area contributed by atoms with E-state index in [-0.39, 0.29) is 23.8 Å². The molecule has 1 aromatic rings. The van der Waals surface area contributed by atoms with Gasteiger partial charge in [-0.3, -0.25) is 9.59 Å². The number of nitrogens with zero attached hydrogens (tertiary/aromatic N) is 1. The van der Waals surface area contributed by atoms with E-state index >= 15 is 0 Å². The maximum Gasteiger partial charge on any atom is 0.253 e. The Kier molecular flexibility index (Phi) is 4.85. The fraction of sp³-hybridized carbons (Fsp3) is 0.467. The fourth-order valence-electron chi connectivity index (χ4n) is 2.55. The maximum atomic E-state index is 12.2. The molecular weight excluding hydrogens is 290 g/mol. The van der Waals surface area contributed by atoms with Crippen LogP contribution in [0.15, 0.2) is 18.2 Å². The number of nitrogens with one attached hydrogen (secondary N) is 1. The number of carbonyl (C=O) groups excluding carboxylic acids is 2. The van der Waals surface area contributed by atoms with Crippen LogP contribution in [0.3, 0.4) is 0 Å². The van der Waals surface area contributed by atoms with Crippen LogP contribution in [-0.4, -0.2) is 36.9 Å². The lowest BCUT2D eigenvalue weighted by Gasteiger charge is -2.17. The molecule has 5 nitrogen and oxygen atoms in total. The molecule has 0 aromatic heterocycles. The largest absolute Gasteiger partial charge is 0.345 e. The van der Waals surface area contributed by atoms with E-state index in [1.165, 1.54) is 4.90 Å². The van der Waals surface area contributed by atoms with E-state index in [1.807, 2.05) is 0 Å². The minimum absolute atomic E-state index is 0.102. The lowest BCUT2D eigenvalue weighted by Crippen LogP contribution is -2.34. The average Bonchev–Trinajstić information content (AvgIpc) is 2.86. The first-order chi connectivity index (χ1) is 9.90. The average molecular weight is 310 g/mol. The lowest BCUT2D eigenvalue weighted by molar-refractivity contribution is -0.120. The second kappa shape index (κ2) is 6.45. The van der Waals surface area contributed by atoms with Crippen LogP contribution in [0.4, 0.5) is 5.69 Å². The van der Waals surface area contributed by atoms with E-state index in [0.29, 0.717) is 16.3 Å². The zero-order valence-corrected chi connectivity index (χ0v) is 13.0. The molecule has 0 aliphatic heterocycles. The van der Waals surface area contributed by atoms with Crippen LogP contribution in [0, 0.1) is 5.92 Å². The van der Waals surface area contributed by atoms with Gasteiger partial charge in [0.1, 0.15) is 0 Å². The van der Waals surface area contributed by atoms with Gasteiger partial charge in [-0.1, -0.05) is 18.0 Å². The van der Waals surface area contributed by atoms with Crippen LogP contribution < -0.4 is 11.1 Å². The summed E-state index contributed by atoms with van der Waals surface area (Å²) in [5.74, 6) is -0.453.